The van der Waals surface area contributed by atoms with Gasteiger partial charge in [0.15, 0.2) is 11.5 Å². The number of fused-ring (bicyclic) bond motifs is 1. The third kappa shape index (κ3) is 7.92. The molecule has 10 nitrogen and oxygen atoms in total. The molecular formula is C32H47N4O6+. The van der Waals surface area contributed by atoms with E-state index in [9.17, 15) is 14.7 Å². The minimum atomic E-state index is -0.872. The number of likely N-dealkylation sites (tertiary alicyclic amines) is 1. The van der Waals surface area contributed by atoms with E-state index in [1.165, 1.54) is 0 Å². The maximum absolute atomic E-state index is 13.8. The Morgan fingerprint density at radius 1 is 1.17 bits per heavy atom. The van der Waals surface area contributed by atoms with E-state index in [1.807, 2.05) is 35.2 Å². The second-order valence-corrected chi connectivity index (χ2v) is 12.4. The molecule has 3 atom stereocenters. The Labute approximate surface area is 249 Å². The van der Waals surface area contributed by atoms with Crippen molar-refractivity contribution in [3.8, 4) is 17.2 Å². The first-order valence-corrected chi connectivity index (χ1v) is 15.0. The fourth-order valence-corrected chi connectivity index (χ4v) is 6.12. The number of ether oxygens (including phenoxy) is 3. The average molecular weight is 584 g/mol. The highest BCUT2D eigenvalue weighted by Gasteiger charge is 2.47. The lowest BCUT2D eigenvalue weighted by Crippen LogP contribution is -2.45. The quantitative estimate of drug-likeness (QED) is 0.317. The summed E-state index contributed by atoms with van der Waals surface area (Å²) >= 11 is 0. The molecule has 1 saturated heterocycles. The molecule has 0 aliphatic carbocycles. The van der Waals surface area contributed by atoms with Gasteiger partial charge in [0.2, 0.25) is 18.4 Å². The number of aromatic nitrogens is 1. The minimum absolute atomic E-state index is 0.0563. The Hall–Kier alpha value is -3.37. The summed E-state index contributed by atoms with van der Waals surface area (Å²) in [6, 6.07) is 9.15. The van der Waals surface area contributed by atoms with Crippen molar-refractivity contribution >= 4 is 11.9 Å². The molecule has 2 aliphatic heterocycles. The summed E-state index contributed by atoms with van der Waals surface area (Å²) in [7, 11) is 8.04. The van der Waals surface area contributed by atoms with Crippen molar-refractivity contribution < 1.29 is 33.4 Å². The number of methoxy groups -OCH3 is 1. The number of quaternary nitrogens is 1. The number of nitrogens with zero attached hydrogens (tertiary/aromatic N) is 4. The van der Waals surface area contributed by atoms with E-state index in [4.69, 9.17) is 14.2 Å². The number of carboxylic acids is 1. The zero-order valence-corrected chi connectivity index (χ0v) is 25.8. The summed E-state index contributed by atoms with van der Waals surface area (Å²) < 4.78 is 17.6. The fraction of sp³-hybridized carbons (Fsp3) is 0.594. The molecule has 0 spiro atoms. The van der Waals surface area contributed by atoms with Crippen LogP contribution >= 0.6 is 0 Å². The predicted octanol–water partition coefficient (Wildman–Crippen LogP) is 3.65. The monoisotopic (exact) mass is 583 g/mol. The van der Waals surface area contributed by atoms with Crippen molar-refractivity contribution in [1.29, 1.82) is 0 Å². The number of aliphatic carboxylic acids is 1. The largest absolute Gasteiger partial charge is 0.493 e. The van der Waals surface area contributed by atoms with Crippen molar-refractivity contribution in [2.24, 2.45) is 5.92 Å². The van der Waals surface area contributed by atoms with Gasteiger partial charge in [-0.1, -0.05) is 19.4 Å². The first kappa shape index (κ1) is 31.6. The Kier molecular flexibility index (Phi) is 10.7. The van der Waals surface area contributed by atoms with E-state index < -0.39 is 11.9 Å². The fourth-order valence-electron chi connectivity index (χ4n) is 6.12. The number of pyridine rings is 1. The zero-order chi connectivity index (χ0) is 30.3. The number of carbonyl (C=O) groups excluding carboxylic acids is 1. The van der Waals surface area contributed by atoms with Crippen molar-refractivity contribution in [2.75, 3.05) is 67.8 Å². The highest BCUT2D eigenvalue weighted by Crippen LogP contribution is 2.47. The van der Waals surface area contributed by atoms with Crippen LogP contribution in [0.15, 0.2) is 36.5 Å². The molecule has 2 aliphatic rings. The first-order valence-electron chi connectivity index (χ1n) is 15.0. The standard InChI is InChI=1S/C32H46N4O6/c1-6-7-15-34(16-10-17-36(2,3)4)29(37)21-35-20-25(23-18-27(40-5)31-28(19-23)41-22-42-31)30(32(38)39)26(35)13-12-24-11-8-9-14-33-24/h8-9,11,14,18-19,25-26,30H,6-7,10,12-13,15-17,20-22H2,1-5H3/p+1/t25-,26+,30-/m1/s1. The van der Waals surface area contributed by atoms with Crippen molar-refractivity contribution in [3.05, 3.63) is 47.8 Å². The third-order valence-corrected chi connectivity index (χ3v) is 8.29. The van der Waals surface area contributed by atoms with Crippen LogP contribution in [0.3, 0.4) is 0 Å². The Bertz CT molecular complexity index is 1200. The number of unbranched alkanes of at least 4 members (excludes halogenated alkanes) is 1. The van der Waals surface area contributed by atoms with Crippen LogP contribution in [-0.2, 0) is 16.0 Å². The lowest BCUT2D eigenvalue weighted by atomic mass is 9.83. The van der Waals surface area contributed by atoms with Crippen LogP contribution in [0.5, 0.6) is 17.2 Å². The van der Waals surface area contributed by atoms with Gasteiger partial charge in [-0.3, -0.25) is 19.5 Å². The van der Waals surface area contributed by atoms with E-state index in [0.717, 1.165) is 41.5 Å². The Morgan fingerprint density at radius 3 is 2.62 bits per heavy atom. The van der Waals surface area contributed by atoms with E-state index in [-0.39, 0.29) is 31.2 Å². The van der Waals surface area contributed by atoms with Gasteiger partial charge in [-0.15, -0.1) is 0 Å². The highest BCUT2D eigenvalue weighted by atomic mass is 16.7. The second-order valence-electron chi connectivity index (χ2n) is 12.4. The number of hydrogen-bond donors (Lipinski definition) is 1. The van der Waals surface area contributed by atoms with Crippen LogP contribution in [0, 0.1) is 5.92 Å². The van der Waals surface area contributed by atoms with Crippen LogP contribution in [0.25, 0.3) is 0 Å². The van der Waals surface area contributed by atoms with Gasteiger partial charge in [0.05, 0.1) is 47.3 Å². The van der Waals surface area contributed by atoms with Crippen LogP contribution in [-0.4, -0.2) is 110 Å². The molecule has 1 N–H and O–H groups in total. The molecule has 0 saturated carbocycles. The zero-order valence-electron chi connectivity index (χ0n) is 25.8. The van der Waals surface area contributed by atoms with Crippen LogP contribution in [0.1, 0.15) is 49.8 Å². The smallest absolute Gasteiger partial charge is 0.308 e. The number of carbonyl (C=O) groups is 2. The second kappa shape index (κ2) is 14.2. The Morgan fingerprint density at radius 2 is 1.95 bits per heavy atom. The summed E-state index contributed by atoms with van der Waals surface area (Å²) in [5.74, 6) is -0.277. The molecule has 0 radical (unpaired) electrons. The van der Waals surface area contributed by atoms with Crippen LogP contribution < -0.4 is 14.2 Å². The number of hydrogen-bond acceptors (Lipinski definition) is 7. The van der Waals surface area contributed by atoms with E-state index in [1.54, 1.807) is 13.3 Å². The number of benzene rings is 1. The van der Waals surface area contributed by atoms with Crippen LogP contribution in [0.2, 0.25) is 0 Å². The van der Waals surface area contributed by atoms with Gasteiger partial charge in [-0.05, 0) is 49.1 Å². The van der Waals surface area contributed by atoms with Crippen molar-refractivity contribution in [3.63, 3.8) is 0 Å². The average Bonchev–Trinajstić information content (AvgIpc) is 3.58. The summed E-state index contributed by atoms with van der Waals surface area (Å²) in [6.07, 6.45) is 5.82. The summed E-state index contributed by atoms with van der Waals surface area (Å²) in [6.45, 7) is 5.24. The molecule has 4 rings (SSSR count). The molecule has 1 aromatic carbocycles. The molecule has 1 amide bonds. The van der Waals surface area contributed by atoms with Crippen LogP contribution in [0.4, 0.5) is 0 Å². The van der Waals surface area contributed by atoms with E-state index >= 15 is 0 Å². The summed E-state index contributed by atoms with van der Waals surface area (Å²) in [4.78, 5) is 35.2. The normalized spacial score (nSPS) is 20.1. The van der Waals surface area contributed by atoms with Gasteiger partial charge in [0, 0.05) is 49.9 Å². The van der Waals surface area contributed by atoms with Gasteiger partial charge >= 0.3 is 5.97 Å². The summed E-state index contributed by atoms with van der Waals surface area (Å²) in [5.41, 5.74) is 1.72. The maximum atomic E-state index is 13.8. The molecule has 0 bridgehead atoms. The SMILES string of the molecule is CCCCN(CCC[N+](C)(C)C)C(=O)CN1C[C@H](c2cc(OC)c3c(c2)OCO3)[C@@H](C(=O)O)[C@@H]1CCc1ccccn1. The molecule has 3 heterocycles. The number of carboxylic acid groups (broad SMARTS) is 1. The van der Waals surface area contributed by atoms with Gasteiger partial charge in [-0.25, -0.2) is 0 Å². The molecule has 0 unspecified atom stereocenters. The van der Waals surface area contributed by atoms with Crippen molar-refractivity contribution in [2.45, 2.75) is 51.0 Å². The van der Waals surface area contributed by atoms with Crippen molar-refractivity contribution in [1.82, 2.24) is 14.8 Å². The van der Waals surface area contributed by atoms with Gasteiger partial charge in [0.1, 0.15) is 0 Å². The van der Waals surface area contributed by atoms with E-state index in [0.29, 0.717) is 49.7 Å². The van der Waals surface area contributed by atoms with Gasteiger partial charge < -0.3 is 28.7 Å². The minimum Gasteiger partial charge on any atom is -0.493 e. The molecule has 1 aromatic heterocycles. The van der Waals surface area contributed by atoms with Gasteiger partial charge in [0.25, 0.3) is 0 Å². The lowest BCUT2D eigenvalue weighted by Gasteiger charge is -2.30. The molecule has 230 valence electrons. The topological polar surface area (TPSA) is 101 Å². The number of aryl methyl sites for hydroxylation is 1. The molecule has 42 heavy (non-hydrogen) atoms. The summed E-state index contributed by atoms with van der Waals surface area (Å²) in [5, 5.41) is 10.6. The maximum Gasteiger partial charge on any atom is 0.308 e. The predicted molar refractivity (Wildman–Crippen MR) is 160 cm³/mol. The molecule has 10 heteroatoms. The number of amides is 1. The Balaban J connectivity index is 1.61. The first-order chi connectivity index (χ1) is 20.1. The molecule has 2 aromatic rings. The van der Waals surface area contributed by atoms with E-state index in [2.05, 4.69) is 38.0 Å². The van der Waals surface area contributed by atoms with Gasteiger partial charge in [-0.2, -0.15) is 0 Å². The number of rotatable bonds is 15. The third-order valence-electron chi connectivity index (χ3n) is 8.29. The lowest BCUT2D eigenvalue weighted by molar-refractivity contribution is -0.870. The molecule has 1 fully saturated rings. The highest BCUT2D eigenvalue weighted by molar-refractivity contribution is 5.79. The molecular weight excluding hydrogens is 536 g/mol.